The van der Waals surface area contributed by atoms with Crippen LogP contribution < -0.4 is 5.32 Å². The van der Waals surface area contributed by atoms with Crippen LogP contribution in [0.25, 0.3) is 22.2 Å². The van der Waals surface area contributed by atoms with Crippen molar-refractivity contribution < 1.29 is 9.59 Å². The van der Waals surface area contributed by atoms with Crippen LogP contribution in [0.4, 0.5) is 0 Å². The van der Waals surface area contributed by atoms with Gasteiger partial charge in [-0.3, -0.25) is 9.59 Å². The molecule has 0 aliphatic heterocycles. The van der Waals surface area contributed by atoms with Crippen molar-refractivity contribution in [1.82, 2.24) is 19.8 Å². The van der Waals surface area contributed by atoms with Gasteiger partial charge in [0.2, 0.25) is 11.8 Å². The van der Waals surface area contributed by atoms with Gasteiger partial charge in [0, 0.05) is 26.1 Å². The summed E-state index contributed by atoms with van der Waals surface area (Å²) < 4.78 is 2.06. The van der Waals surface area contributed by atoms with Crippen LogP contribution >= 0.6 is 0 Å². The lowest BCUT2D eigenvalue weighted by Gasteiger charge is -2.27. The average molecular weight is 539 g/mol. The Morgan fingerprint density at radius 3 is 2.12 bits per heavy atom. The molecule has 2 amide bonds. The number of hydrogen-bond acceptors (Lipinski definition) is 3. The van der Waals surface area contributed by atoms with Crippen LogP contribution in [-0.4, -0.2) is 45.9 Å². The maximum Gasteiger partial charge on any atom is 0.242 e. The second kappa shape index (κ2) is 13.9. The summed E-state index contributed by atoms with van der Waals surface area (Å²) in [4.78, 5) is 32.8. The number of rotatable bonds is 13. The van der Waals surface area contributed by atoms with Gasteiger partial charge in [-0.1, -0.05) is 94.4 Å². The van der Waals surface area contributed by atoms with Gasteiger partial charge in [-0.2, -0.15) is 0 Å². The van der Waals surface area contributed by atoms with Crippen molar-refractivity contribution in [3.63, 3.8) is 0 Å². The van der Waals surface area contributed by atoms with Gasteiger partial charge in [0.15, 0.2) is 0 Å². The third-order valence-corrected chi connectivity index (χ3v) is 6.88. The van der Waals surface area contributed by atoms with Crippen molar-refractivity contribution in [2.45, 2.75) is 53.5 Å². The highest BCUT2D eigenvalue weighted by molar-refractivity contribution is 5.81. The van der Waals surface area contributed by atoms with Crippen LogP contribution in [0.1, 0.15) is 45.5 Å². The van der Waals surface area contributed by atoms with E-state index in [1.54, 1.807) is 0 Å². The first-order valence-electron chi connectivity index (χ1n) is 14.4. The third-order valence-electron chi connectivity index (χ3n) is 6.88. The molecule has 0 fully saturated rings. The number of imidazole rings is 1. The quantitative estimate of drug-likeness (QED) is 0.208. The number of nitrogens with zero attached hydrogens (tertiary/aromatic N) is 3. The van der Waals surface area contributed by atoms with Crippen molar-refractivity contribution >= 4 is 22.8 Å². The molecule has 3 aromatic carbocycles. The van der Waals surface area contributed by atoms with Crippen molar-refractivity contribution in [2.75, 3.05) is 19.6 Å². The molecule has 6 heteroatoms. The number of benzene rings is 3. The molecular formula is C34H42N4O2. The summed E-state index contributed by atoms with van der Waals surface area (Å²) in [6.07, 6.45) is 1.78. The maximum absolute atomic E-state index is 13.4. The van der Waals surface area contributed by atoms with E-state index >= 15 is 0 Å². The van der Waals surface area contributed by atoms with E-state index in [-0.39, 0.29) is 18.4 Å². The zero-order valence-corrected chi connectivity index (χ0v) is 24.3. The molecule has 0 aliphatic rings. The Bertz CT molecular complexity index is 1380. The first-order chi connectivity index (χ1) is 19.3. The molecule has 4 rings (SSSR count). The normalized spacial score (nSPS) is 11.3. The fourth-order valence-corrected chi connectivity index (χ4v) is 5.06. The molecule has 0 unspecified atom stereocenters. The summed E-state index contributed by atoms with van der Waals surface area (Å²) in [6.45, 7) is 10.9. The molecule has 4 aromatic rings. The molecule has 0 radical (unpaired) electrons. The lowest BCUT2D eigenvalue weighted by molar-refractivity contribution is -0.132. The highest BCUT2D eigenvalue weighted by atomic mass is 16.2. The number of hydrogen-bond donors (Lipinski definition) is 1. The summed E-state index contributed by atoms with van der Waals surface area (Å²) in [6, 6.07) is 26.4. The molecule has 0 bridgehead atoms. The van der Waals surface area contributed by atoms with Crippen LogP contribution in [0.3, 0.4) is 0 Å². The number of fused-ring (bicyclic) bond motifs is 1. The lowest BCUT2D eigenvalue weighted by atomic mass is 10.0. The first kappa shape index (κ1) is 29.1. The number of aromatic nitrogens is 2. The Labute approximate surface area is 238 Å². The van der Waals surface area contributed by atoms with Gasteiger partial charge >= 0.3 is 0 Å². The molecule has 1 aromatic heterocycles. The van der Waals surface area contributed by atoms with Crippen LogP contribution in [0.5, 0.6) is 0 Å². The Hall–Kier alpha value is -3.93. The minimum Gasteiger partial charge on any atom is -0.356 e. The Kier molecular flexibility index (Phi) is 10.1. The molecule has 0 saturated heterocycles. The molecule has 1 N–H and O–H groups in total. The smallest absolute Gasteiger partial charge is 0.242 e. The minimum atomic E-state index is 0.00848. The third kappa shape index (κ3) is 8.04. The van der Waals surface area contributed by atoms with E-state index in [9.17, 15) is 9.59 Å². The van der Waals surface area contributed by atoms with Gasteiger partial charge in [0.25, 0.3) is 0 Å². The number of aryl methyl sites for hydroxylation is 1. The standard InChI is InChI=1S/C34H42N4O2/c1-25(2)22-37(23-26(3)4)34(40)24-38-31-14-9-8-13-30(31)36-32(38)15-10-20-35-33(39)21-27-16-18-29(19-17-27)28-11-6-5-7-12-28/h5-9,11-14,16-19,25-26H,10,15,20-24H2,1-4H3,(H,35,39). The van der Waals surface area contributed by atoms with Crippen molar-refractivity contribution in [1.29, 1.82) is 0 Å². The number of nitrogens with one attached hydrogen (secondary N) is 1. The Morgan fingerprint density at radius 2 is 1.45 bits per heavy atom. The molecule has 1 heterocycles. The molecule has 0 aliphatic carbocycles. The molecule has 0 atom stereocenters. The van der Waals surface area contributed by atoms with Gasteiger partial charge in [-0.25, -0.2) is 4.98 Å². The van der Waals surface area contributed by atoms with Gasteiger partial charge in [0.05, 0.1) is 17.5 Å². The fourth-order valence-electron chi connectivity index (χ4n) is 5.06. The zero-order chi connectivity index (χ0) is 28.5. The van der Waals surface area contributed by atoms with E-state index in [4.69, 9.17) is 4.98 Å². The van der Waals surface area contributed by atoms with Crippen LogP contribution in [0, 0.1) is 11.8 Å². The van der Waals surface area contributed by atoms with Crippen LogP contribution in [0.2, 0.25) is 0 Å². The topological polar surface area (TPSA) is 67.2 Å². The van der Waals surface area contributed by atoms with Crippen LogP contribution in [-0.2, 0) is 29.0 Å². The lowest BCUT2D eigenvalue weighted by Crippen LogP contribution is -2.39. The van der Waals surface area contributed by atoms with Gasteiger partial charge in [-0.05, 0) is 47.1 Å². The first-order valence-corrected chi connectivity index (χ1v) is 14.4. The summed E-state index contributed by atoms with van der Waals surface area (Å²) in [7, 11) is 0. The largest absolute Gasteiger partial charge is 0.356 e. The SMILES string of the molecule is CC(C)CN(CC(C)C)C(=O)Cn1c(CCCNC(=O)Cc2ccc(-c3ccccc3)cc2)nc2ccccc21. The van der Waals surface area contributed by atoms with Crippen molar-refractivity contribution in [3.8, 4) is 11.1 Å². The predicted octanol–water partition coefficient (Wildman–Crippen LogP) is 6.14. The molecule has 6 nitrogen and oxygen atoms in total. The average Bonchev–Trinajstić information content (AvgIpc) is 3.28. The maximum atomic E-state index is 13.4. The summed E-state index contributed by atoms with van der Waals surface area (Å²) in [5.41, 5.74) is 5.17. The highest BCUT2D eigenvalue weighted by Gasteiger charge is 2.20. The molecule has 0 spiro atoms. The highest BCUT2D eigenvalue weighted by Crippen LogP contribution is 2.20. The Balaban J connectivity index is 1.34. The summed E-state index contributed by atoms with van der Waals surface area (Å²) in [5, 5.41) is 3.05. The van der Waals surface area contributed by atoms with Crippen molar-refractivity contribution in [2.24, 2.45) is 11.8 Å². The van der Waals surface area contributed by atoms with Crippen LogP contribution in [0.15, 0.2) is 78.9 Å². The number of carbonyl (C=O) groups excluding carboxylic acids is 2. The molecule has 210 valence electrons. The molecule has 40 heavy (non-hydrogen) atoms. The molecule has 0 saturated carbocycles. The van der Waals surface area contributed by atoms with Gasteiger partial charge in [0.1, 0.15) is 12.4 Å². The molecular weight excluding hydrogens is 496 g/mol. The summed E-state index contributed by atoms with van der Waals surface area (Å²) in [5.74, 6) is 1.83. The van der Waals surface area contributed by atoms with E-state index < -0.39 is 0 Å². The second-order valence-electron chi connectivity index (χ2n) is 11.4. The van der Waals surface area contributed by atoms with E-state index in [1.165, 1.54) is 5.56 Å². The van der Waals surface area contributed by atoms with Gasteiger partial charge < -0.3 is 14.8 Å². The monoisotopic (exact) mass is 538 g/mol. The number of para-hydroxylation sites is 2. The fraction of sp³-hybridized carbons (Fsp3) is 0.382. The zero-order valence-electron chi connectivity index (χ0n) is 24.3. The minimum absolute atomic E-state index is 0.00848. The summed E-state index contributed by atoms with van der Waals surface area (Å²) >= 11 is 0. The predicted molar refractivity (Wildman–Crippen MR) is 163 cm³/mol. The Morgan fingerprint density at radius 1 is 0.825 bits per heavy atom. The van der Waals surface area contributed by atoms with Crippen molar-refractivity contribution in [3.05, 3.63) is 90.3 Å². The van der Waals surface area contributed by atoms with Gasteiger partial charge in [-0.15, -0.1) is 0 Å². The number of carbonyl (C=O) groups is 2. The second-order valence-corrected chi connectivity index (χ2v) is 11.4. The number of amides is 2. The van der Waals surface area contributed by atoms with E-state index in [0.717, 1.165) is 47.5 Å². The van der Waals surface area contributed by atoms with E-state index in [0.29, 0.717) is 31.2 Å². The van der Waals surface area contributed by atoms with E-state index in [2.05, 4.69) is 61.8 Å². The van der Waals surface area contributed by atoms with E-state index in [1.807, 2.05) is 59.5 Å².